The Balaban J connectivity index is 1.63. The molecule has 32 heavy (non-hydrogen) atoms. The van der Waals surface area contributed by atoms with Crippen molar-refractivity contribution in [3.63, 3.8) is 0 Å². The van der Waals surface area contributed by atoms with Crippen LogP contribution in [0.1, 0.15) is 5.56 Å². The highest BCUT2D eigenvalue weighted by Gasteiger charge is 2.15. The molecule has 1 aromatic heterocycles. The molecule has 6 nitrogen and oxygen atoms in total. The van der Waals surface area contributed by atoms with E-state index in [1.807, 2.05) is 60.7 Å². The summed E-state index contributed by atoms with van der Waals surface area (Å²) in [7, 11) is 4.90. The first kappa shape index (κ1) is 21.4. The molecule has 1 heterocycles. The van der Waals surface area contributed by atoms with Crippen LogP contribution < -0.4 is 19.6 Å². The molecule has 3 aromatic carbocycles. The molecule has 0 radical (unpaired) electrons. The predicted octanol–water partition coefficient (Wildman–Crippen LogP) is 5.95. The van der Waals surface area contributed by atoms with Crippen molar-refractivity contribution >= 4 is 22.7 Å². The Morgan fingerprint density at radius 3 is 2.22 bits per heavy atom. The van der Waals surface area contributed by atoms with Gasteiger partial charge >= 0.3 is 0 Å². The number of hydrogen-bond donors (Lipinski definition) is 1. The molecular weight excluding hydrogens is 422 g/mol. The van der Waals surface area contributed by atoms with Gasteiger partial charge in [0, 0.05) is 17.2 Å². The fourth-order valence-electron chi connectivity index (χ4n) is 3.18. The summed E-state index contributed by atoms with van der Waals surface area (Å²) in [6.45, 7) is 0. The van der Waals surface area contributed by atoms with Crippen LogP contribution in [-0.2, 0) is 0 Å². The van der Waals surface area contributed by atoms with Crippen molar-refractivity contribution in [2.45, 2.75) is 0 Å². The Morgan fingerprint density at radius 1 is 0.812 bits per heavy atom. The van der Waals surface area contributed by atoms with E-state index < -0.39 is 0 Å². The van der Waals surface area contributed by atoms with Gasteiger partial charge in [-0.1, -0.05) is 41.7 Å². The molecular formula is C25H23N3O3S. The summed E-state index contributed by atoms with van der Waals surface area (Å²) in [5, 5.41) is 5.07. The Morgan fingerprint density at radius 2 is 1.53 bits per heavy atom. The van der Waals surface area contributed by atoms with Crippen LogP contribution in [0.4, 0.5) is 5.13 Å². The first-order chi connectivity index (χ1) is 15.7. The second kappa shape index (κ2) is 9.98. The molecule has 162 valence electrons. The van der Waals surface area contributed by atoms with Gasteiger partial charge < -0.3 is 14.2 Å². The number of ether oxygens (including phenoxy) is 3. The van der Waals surface area contributed by atoms with Gasteiger partial charge in [0.25, 0.3) is 0 Å². The lowest BCUT2D eigenvalue weighted by Gasteiger charge is -2.06. The maximum absolute atomic E-state index is 5.43. The van der Waals surface area contributed by atoms with Crippen LogP contribution in [0.3, 0.4) is 0 Å². The highest BCUT2D eigenvalue weighted by Crippen LogP contribution is 2.39. The normalized spacial score (nSPS) is 10.8. The highest BCUT2D eigenvalue weighted by atomic mass is 32.1. The summed E-state index contributed by atoms with van der Waals surface area (Å²) in [6.07, 6.45) is 1.70. The molecule has 0 atom stereocenters. The number of nitrogens with one attached hydrogen (secondary N) is 1. The van der Waals surface area contributed by atoms with Crippen LogP contribution in [0.15, 0.2) is 77.9 Å². The van der Waals surface area contributed by atoms with Crippen molar-refractivity contribution in [1.82, 2.24) is 4.98 Å². The predicted molar refractivity (Wildman–Crippen MR) is 130 cm³/mol. The van der Waals surface area contributed by atoms with Gasteiger partial charge in [-0.05, 0) is 42.0 Å². The number of nitrogens with zero attached hydrogens (tertiary/aromatic N) is 2. The lowest BCUT2D eigenvalue weighted by Crippen LogP contribution is -1.95. The minimum Gasteiger partial charge on any atom is -0.497 e. The molecule has 0 aliphatic rings. The van der Waals surface area contributed by atoms with Gasteiger partial charge in [0.2, 0.25) is 5.13 Å². The molecule has 0 unspecified atom stereocenters. The summed E-state index contributed by atoms with van der Waals surface area (Å²) in [5.41, 5.74) is 6.89. The second-order valence-electron chi connectivity index (χ2n) is 6.77. The maximum Gasteiger partial charge on any atom is 0.204 e. The van der Waals surface area contributed by atoms with Crippen molar-refractivity contribution in [2.75, 3.05) is 26.8 Å². The minimum atomic E-state index is 0.679. The third kappa shape index (κ3) is 4.73. The van der Waals surface area contributed by atoms with E-state index in [9.17, 15) is 0 Å². The van der Waals surface area contributed by atoms with E-state index in [4.69, 9.17) is 19.2 Å². The molecule has 0 spiro atoms. The first-order valence-corrected chi connectivity index (χ1v) is 10.7. The van der Waals surface area contributed by atoms with E-state index >= 15 is 0 Å². The molecule has 0 saturated carbocycles. The van der Waals surface area contributed by atoms with Crippen molar-refractivity contribution in [3.05, 3.63) is 78.4 Å². The number of methoxy groups -OCH3 is 3. The van der Waals surface area contributed by atoms with Crippen molar-refractivity contribution in [2.24, 2.45) is 5.10 Å². The highest BCUT2D eigenvalue weighted by molar-refractivity contribution is 7.19. The summed E-state index contributed by atoms with van der Waals surface area (Å²) in [4.78, 5) is 5.88. The Kier molecular flexibility index (Phi) is 6.67. The zero-order valence-corrected chi connectivity index (χ0v) is 18.8. The van der Waals surface area contributed by atoms with Gasteiger partial charge in [-0.25, -0.2) is 4.98 Å². The zero-order valence-electron chi connectivity index (χ0n) is 18.0. The van der Waals surface area contributed by atoms with Crippen LogP contribution >= 0.6 is 11.3 Å². The smallest absolute Gasteiger partial charge is 0.204 e. The van der Waals surface area contributed by atoms with Crippen LogP contribution in [0, 0.1) is 0 Å². The van der Waals surface area contributed by atoms with Gasteiger partial charge in [-0.15, -0.1) is 0 Å². The van der Waals surface area contributed by atoms with Gasteiger partial charge in [-0.2, -0.15) is 5.10 Å². The van der Waals surface area contributed by atoms with E-state index in [0.717, 1.165) is 38.8 Å². The topological polar surface area (TPSA) is 65.0 Å². The van der Waals surface area contributed by atoms with Gasteiger partial charge in [0.15, 0.2) is 0 Å². The number of hydrazone groups is 1. The summed E-state index contributed by atoms with van der Waals surface area (Å²) >= 11 is 1.55. The third-order valence-corrected chi connectivity index (χ3v) is 5.84. The number of thiazole rings is 1. The summed E-state index contributed by atoms with van der Waals surface area (Å²) in [5.74, 6) is 2.21. The van der Waals surface area contributed by atoms with Crippen molar-refractivity contribution in [1.29, 1.82) is 0 Å². The van der Waals surface area contributed by atoms with Gasteiger partial charge in [-0.3, -0.25) is 5.43 Å². The molecule has 4 rings (SSSR count). The fourth-order valence-corrected chi connectivity index (χ4v) is 4.12. The zero-order chi connectivity index (χ0) is 22.3. The van der Waals surface area contributed by atoms with Crippen molar-refractivity contribution < 1.29 is 14.2 Å². The number of anilines is 1. The average molecular weight is 446 g/mol. The Labute approximate surface area is 191 Å². The molecule has 0 amide bonds. The molecule has 0 saturated heterocycles. The molecule has 7 heteroatoms. The van der Waals surface area contributed by atoms with Crippen LogP contribution in [0.25, 0.3) is 21.7 Å². The molecule has 0 aliphatic heterocycles. The third-order valence-electron chi connectivity index (χ3n) is 4.83. The number of benzene rings is 3. The SMILES string of the molecule is COc1ccc(-c2nc(N/N=C/c3ccc(OC)cc3OC)sc2-c2ccccc2)cc1. The quantitative estimate of drug-likeness (QED) is 0.268. The van der Waals surface area contributed by atoms with Crippen LogP contribution in [-0.4, -0.2) is 32.5 Å². The Hall–Kier alpha value is -3.84. The number of rotatable bonds is 8. The molecule has 0 bridgehead atoms. The lowest BCUT2D eigenvalue weighted by atomic mass is 10.1. The Bertz CT molecular complexity index is 1210. The number of hydrogen-bond acceptors (Lipinski definition) is 7. The lowest BCUT2D eigenvalue weighted by molar-refractivity contribution is 0.394. The second-order valence-corrected chi connectivity index (χ2v) is 7.77. The van der Waals surface area contributed by atoms with Crippen molar-refractivity contribution in [3.8, 4) is 38.9 Å². The first-order valence-electron chi connectivity index (χ1n) is 9.93. The molecule has 4 aromatic rings. The largest absolute Gasteiger partial charge is 0.497 e. The van der Waals surface area contributed by atoms with E-state index in [-0.39, 0.29) is 0 Å². The number of aromatic nitrogens is 1. The summed E-state index contributed by atoms with van der Waals surface area (Å²) < 4.78 is 16.0. The minimum absolute atomic E-state index is 0.679. The maximum atomic E-state index is 5.43. The van der Waals surface area contributed by atoms with Crippen LogP contribution in [0.2, 0.25) is 0 Å². The van der Waals surface area contributed by atoms with E-state index in [0.29, 0.717) is 10.9 Å². The molecule has 0 fully saturated rings. The average Bonchev–Trinajstić information content (AvgIpc) is 3.29. The molecule has 0 aliphatic carbocycles. The van der Waals surface area contributed by atoms with Crippen LogP contribution in [0.5, 0.6) is 17.2 Å². The molecule has 1 N–H and O–H groups in total. The summed E-state index contributed by atoms with van der Waals surface area (Å²) in [6, 6.07) is 23.7. The van der Waals surface area contributed by atoms with Gasteiger partial charge in [0.1, 0.15) is 17.2 Å². The van der Waals surface area contributed by atoms with Gasteiger partial charge in [0.05, 0.1) is 38.1 Å². The fraction of sp³-hybridized carbons (Fsp3) is 0.120. The monoisotopic (exact) mass is 445 g/mol. The van der Waals surface area contributed by atoms with E-state index in [2.05, 4.69) is 22.7 Å². The standard InChI is InChI=1S/C25H23N3O3S/c1-29-20-12-9-17(10-13-20)23-24(18-7-5-4-6-8-18)32-25(27-23)28-26-16-19-11-14-21(30-2)15-22(19)31-3/h4-16H,1-3H3,(H,27,28)/b26-16+. The van der Waals surface area contributed by atoms with E-state index in [1.54, 1.807) is 38.9 Å². The van der Waals surface area contributed by atoms with E-state index in [1.165, 1.54) is 0 Å².